The number of amides is 1. The second kappa shape index (κ2) is 5.16. The first-order valence-electron chi connectivity index (χ1n) is 6.54. The molecule has 2 heterocycles. The molecule has 8 heteroatoms. The highest BCUT2D eigenvalue weighted by Gasteiger charge is 2.37. The zero-order valence-electron chi connectivity index (χ0n) is 12.0. The Morgan fingerprint density at radius 3 is 2.52 bits per heavy atom. The van der Waals surface area contributed by atoms with E-state index in [0.717, 1.165) is 12.3 Å². The van der Waals surface area contributed by atoms with Gasteiger partial charge in [-0.3, -0.25) is 4.79 Å². The summed E-state index contributed by atoms with van der Waals surface area (Å²) in [7, 11) is 0. The first kappa shape index (κ1) is 15.5. The number of nitrogens with one attached hydrogen (secondary N) is 1. The Hall–Kier alpha value is -1.86. The molecule has 1 N–H and O–H groups in total. The van der Waals surface area contributed by atoms with Crippen molar-refractivity contribution in [2.45, 2.75) is 44.9 Å². The van der Waals surface area contributed by atoms with Gasteiger partial charge in [0.2, 0.25) is 11.9 Å². The fourth-order valence-corrected chi connectivity index (χ4v) is 2.22. The number of carbonyl (C=O) groups excluding carboxylic acids is 1. The van der Waals surface area contributed by atoms with Gasteiger partial charge in [0.25, 0.3) is 0 Å². The van der Waals surface area contributed by atoms with Crippen molar-refractivity contribution in [2.75, 3.05) is 11.9 Å². The van der Waals surface area contributed by atoms with E-state index >= 15 is 0 Å². The van der Waals surface area contributed by atoms with Crippen LogP contribution in [-0.4, -0.2) is 38.9 Å². The van der Waals surface area contributed by atoms with Gasteiger partial charge in [-0.2, -0.15) is 13.2 Å². The first-order valence-corrected chi connectivity index (χ1v) is 6.54. The summed E-state index contributed by atoms with van der Waals surface area (Å²) in [5, 5.41) is 2.80. The van der Waals surface area contributed by atoms with Crippen LogP contribution in [-0.2, 0) is 11.0 Å². The number of hydrogen-bond donors (Lipinski definition) is 1. The van der Waals surface area contributed by atoms with Crippen LogP contribution >= 0.6 is 0 Å². The van der Waals surface area contributed by atoms with Crippen LogP contribution in [0.5, 0.6) is 0 Å². The van der Waals surface area contributed by atoms with Crippen molar-refractivity contribution >= 4 is 11.9 Å². The van der Waals surface area contributed by atoms with Crippen molar-refractivity contribution in [3.8, 4) is 0 Å². The zero-order valence-corrected chi connectivity index (χ0v) is 12.0. The minimum absolute atomic E-state index is 0.0352. The molecule has 1 aromatic rings. The maximum Gasteiger partial charge on any atom is 0.433 e. The van der Waals surface area contributed by atoms with Gasteiger partial charge in [0.05, 0.1) is 6.04 Å². The highest BCUT2D eigenvalue weighted by molar-refractivity contribution is 5.80. The van der Waals surface area contributed by atoms with Gasteiger partial charge < -0.3 is 10.2 Å². The van der Waals surface area contributed by atoms with Gasteiger partial charge in [-0.15, -0.1) is 0 Å². The maximum atomic E-state index is 12.6. The molecule has 21 heavy (non-hydrogen) atoms. The largest absolute Gasteiger partial charge is 0.433 e. The average Bonchev–Trinajstić information content (AvgIpc) is 2.69. The number of rotatable bonds is 2. The van der Waals surface area contributed by atoms with Gasteiger partial charge >= 0.3 is 6.18 Å². The van der Waals surface area contributed by atoms with Crippen molar-refractivity contribution in [3.63, 3.8) is 0 Å². The van der Waals surface area contributed by atoms with Crippen LogP contribution in [0.3, 0.4) is 0 Å². The number of hydrogen-bond acceptors (Lipinski definition) is 4. The van der Waals surface area contributed by atoms with E-state index in [1.54, 1.807) is 4.90 Å². The number of aromatic nitrogens is 2. The Morgan fingerprint density at radius 1 is 1.33 bits per heavy atom. The maximum absolute atomic E-state index is 12.6. The van der Waals surface area contributed by atoms with E-state index in [0.29, 0.717) is 6.54 Å². The summed E-state index contributed by atoms with van der Waals surface area (Å²) in [5.41, 5.74) is -1.32. The summed E-state index contributed by atoms with van der Waals surface area (Å²) in [5.74, 6) is -0.148. The van der Waals surface area contributed by atoms with Gasteiger partial charge in [0.1, 0.15) is 5.69 Å². The van der Waals surface area contributed by atoms with E-state index in [1.165, 1.54) is 0 Å². The van der Waals surface area contributed by atoms with Crippen molar-refractivity contribution in [1.82, 2.24) is 14.9 Å². The number of nitrogens with zero attached hydrogens (tertiary/aromatic N) is 3. The molecular formula is C13H17F3N4O. The highest BCUT2D eigenvalue weighted by Crippen LogP contribution is 2.28. The predicted molar refractivity (Wildman–Crippen MR) is 70.5 cm³/mol. The van der Waals surface area contributed by atoms with Crippen molar-refractivity contribution < 1.29 is 18.0 Å². The van der Waals surface area contributed by atoms with Gasteiger partial charge in [0.15, 0.2) is 0 Å². The molecule has 1 unspecified atom stereocenters. The molecular weight excluding hydrogens is 285 g/mol. The lowest BCUT2D eigenvalue weighted by Crippen LogP contribution is -2.43. The molecule has 0 aliphatic carbocycles. The standard InChI is InChI=1S/C13H17F3N4O/c1-12(2,3)20-7-8(6-10(20)21)18-11-17-5-4-9(19-11)13(14,15)16/h4-5,8H,6-7H2,1-3H3,(H,17,18,19). The van der Waals surface area contributed by atoms with E-state index in [4.69, 9.17) is 0 Å². The van der Waals surface area contributed by atoms with Crippen LogP contribution in [0.1, 0.15) is 32.9 Å². The van der Waals surface area contributed by atoms with Crippen LogP contribution in [0, 0.1) is 0 Å². The molecule has 1 saturated heterocycles. The normalized spacial score (nSPS) is 20.0. The molecule has 1 aliphatic rings. The quantitative estimate of drug-likeness (QED) is 0.911. The Balaban J connectivity index is 2.09. The van der Waals surface area contributed by atoms with E-state index < -0.39 is 11.9 Å². The molecule has 0 aromatic carbocycles. The van der Waals surface area contributed by atoms with Crippen molar-refractivity contribution in [2.24, 2.45) is 0 Å². The molecule has 1 aliphatic heterocycles. The van der Waals surface area contributed by atoms with Gasteiger partial charge in [0, 0.05) is 24.7 Å². The number of alkyl halides is 3. The lowest BCUT2D eigenvalue weighted by Gasteiger charge is -2.32. The predicted octanol–water partition coefficient (Wildman–Crippen LogP) is 2.31. The van der Waals surface area contributed by atoms with Crippen LogP contribution in [0.2, 0.25) is 0 Å². The third kappa shape index (κ3) is 3.62. The second-order valence-corrected chi connectivity index (χ2v) is 5.98. The lowest BCUT2D eigenvalue weighted by molar-refractivity contribution is -0.141. The molecule has 1 fully saturated rings. The molecule has 1 aromatic heterocycles. The third-order valence-electron chi connectivity index (χ3n) is 3.21. The second-order valence-electron chi connectivity index (χ2n) is 5.98. The van der Waals surface area contributed by atoms with Crippen molar-refractivity contribution in [1.29, 1.82) is 0 Å². The lowest BCUT2D eigenvalue weighted by atomic mass is 10.1. The van der Waals surface area contributed by atoms with Gasteiger partial charge in [-0.25, -0.2) is 9.97 Å². The molecule has 2 rings (SSSR count). The third-order valence-corrected chi connectivity index (χ3v) is 3.21. The smallest absolute Gasteiger partial charge is 0.349 e. The molecule has 1 amide bonds. The van der Waals surface area contributed by atoms with E-state index in [2.05, 4.69) is 15.3 Å². The average molecular weight is 302 g/mol. The van der Waals surface area contributed by atoms with Crippen LogP contribution < -0.4 is 5.32 Å². The number of anilines is 1. The summed E-state index contributed by atoms with van der Waals surface area (Å²) in [6, 6.07) is 0.520. The molecule has 5 nitrogen and oxygen atoms in total. The van der Waals surface area contributed by atoms with Crippen LogP contribution in [0.4, 0.5) is 19.1 Å². The molecule has 0 radical (unpaired) electrons. The van der Waals surface area contributed by atoms with E-state index in [1.807, 2.05) is 20.8 Å². The monoisotopic (exact) mass is 302 g/mol. The van der Waals surface area contributed by atoms with Crippen LogP contribution in [0.25, 0.3) is 0 Å². The number of likely N-dealkylation sites (tertiary alicyclic amines) is 1. The fraction of sp³-hybridized carbons (Fsp3) is 0.615. The Bertz CT molecular complexity index is 539. The molecule has 1 atom stereocenters. The summed E-state index contributed by atoms with van der Waals surface area (Å²) in [6.45, 7) is 6.15. The van der Waals surface area contributed by atoms with Gasteiger partial charge in [-0.05, 0) is 26.8 Å². The molecule has 0 spiro atoms. The SMILES string of the molecule is CC(C)(C)N1CC(Nc2nccc(C(F)(F)F)n2)CC1=O. The van der Waals surface area contributed by atoms with E-state index in [-0.39, 0.29) is 29.9 Å². The summed E-state index contributed by atoms with van der Waals surface area (Å²) in [4.78, 5) is 20.8. The Labute approximate surface area is 120 Å². The Kier molecular flexibility index (Phi) is 3.81. The van der Waals surface area contributed by atoms with Gasteiger partial charge in [-0.1, -0.05) is 0 Å². The number of carbonyl (C=O) groups is 1. The highest BCUT2D eigenvalue weighted by atomic mass is 19.4. The number of halogens is 3. The Morgan fingerprint density at radius 2 is 2.00 bits per heavy atom. The first-order chi connectivity index (χ1) is 9.57. The summed E-state index contributed by atoms with van der Waals surface area (Å²) >= 11 is 0. The topological polar surface area (TPSA) is 58.1 Å². The zero-order chi connectivity index (χ0) is 15.8. The summed E-state index contributed by atoms with van der Waals surface area (Å²) in [6.07, 6.45) is -3.24. The summed E-state index contributed by atoms with van der Waals surface area (Å²) < 4.78 is 37.7. The van der Waals surface area contributed by atoms with Crippen molar-refractivity contribution in [3.05, 3.63) is 18.0 Å². The van der Waals surface area contributed by atoms with E-state index in [9.17, 15) is 18.0 Å². The minimum Gasteiger partial charge on any atom is -0.349 e. The molecule has 0 bridgehead atoms. The minimum atomic E-state index is -4.51. The fourth-order valence-electron chi connectivity index (χ4n) is 2.22. The molecule has 0 saturated carbocycles. The van der Waals surface area contributed by atoms with Crippen LogP contribution in [0.15, 0.2) is 12.3 Å². The molecule has 116 valence electrons.